The molecule has 1 aromatic carbocycles. The van der Waals surface area contributed by atoms with Crippen molar-refractivity contribution in [3.05, 3.63) is 24.3 Å². The number of carbonyl (C=O) groups is 1. The second-order valence-corrected chi connectivity index (χ2v) is 4.56. The van der Waals surface area contributed by atoms with E-state index in [1.807, 2.05) is 13.8 Å². The van der Waals surface area contributed by atoms with E-state index in [9.17, 15) is 4.79 Å². The van der Waals surface area contributed by atoms with Gasteiger partial charge in [-0.2, -0.15) is 0 Å². The van der Waals surface area contributed by atoms with Gasteiger partial charge in [0.2, 0.25) is 0 Å². The number of cyclic esters (lactones) is 1. The van der Waals surface area contributed by atoms with E-state index in [4.69, 9.17) is 14.6 Å². The highest BCUT2D eigenvalue weighted by Gasteiger charge is 2.33. The normalized spacial score (nSPS) is 19.2. The van der Waals surface area contributed by atoms with Crippen LogP contribution in [0, 0.1) is 0 Å². The summed E-state index contributed by atoms with van der Waals surface area (Å²) in [6.45, 7) is 4.77. The molecule has 5 nitrogen and oxygen atoms in total. The number of hydrogen-bond donors (Lipinski definition) is 1. The Bertz CT molecular complexity index is 416. The Morgan fingerprint density at radius 2 is 2.11 bits per heavy atom. The maximum Gasteiger partial charge on any atom is 0.410 e. The average molecular weight is 251 g/mol. The van der Waals surface area contributed by atoms with Gasteiger partial charge in [-0.05, 0) is 38.1 Å². The van der Waals surface area contributed by atoms with Crippen molar-refractivity contribution in [2.45, 2.75) is 26.0 Å². The summed E-state index contributed by atoms with van der Waals surface area (Å²) in [5, 5.41) is 9.14. The Morgan fingerprint density at radius 3 is 2.67 bits per heavy atom. The largest absolute Gasteiger partial charge is 0.508 e. The highest BCUT2D eigenvalue weighted by molar-refractivity contribution is 5.70. The molecule has 1 atom stereocenters. The van der Waals surface area contributed by atoms with Gasteiger partial charge in [0.15, 0.2) is 6.10 Å². The first-order chi connectivity index (χ1) is 8.56. The van der Waals surface area contributed by atoms with Gasteiger partial charge in [-0.15, -0.1) is 0 Å². The van der Waals surface area contributed by atoms with Crippen molar-refractivity contribution in [3.63, 3.8) is 0 Å². The zero-order chi connectivity index (χ0) is 13.1. The van der Waals surface area contributed by atoms with Crippen LogP contribution in [0.5, 0.6) is 11.5 Å². The molecule has 0 spiro atoms. The van der Waals surface area contributed by atoms with Gasteiger partial charge >= 0.3 is 6.09 Å². The van der Waals surface area contributed by atoms with Crippen LogP contribution in [0.15, 0.2) is 24.3 Å². The molecule has 0 aromatic heterocycles. The smallest absolute Gasteiger partial charge is 0.410 e. The van der Waals surface area contributed by atoms with E-state index in [2.05, 4.69) is 0 Å². The third-order valence-electron chi connectivity index (χ3n) is 2.80. The number of nitrogens with zero attached hydrogens (tertiary/aromatic N) is 1. The number of amides is 1. The van der Waals surface area contributed by atoms with Crippen LogP contribution in [0.4, 0.5) is 4.79 Å². The maximum atomic E-state index is 11.5. The third-order valence-corrected chi connectivity index (χ3v) is 2.80. The van der Waals surface area contributed by atoms with Crippen LogP contribution in [0.25, 0.3) is 0 Å². The molecule has 1 heterocycles. The minimum Gasteiger partial charge on any atom is -0.508 e. The minimum absolute atomic E-state index is 0.135. The number of phenolic OH excluding ortho intramolecular Hbond substituents is 1. The maximum absolute atomic E-state index is 11.5. The molecule has 2 rings (SSSR count). The first kappa shape index (κ1) is 12.5. The van der Waals surface area contributed by atoms with Gasteiger partial charge in [-0.25, -0.2) is 4.79 Å². The molecule has 1 aliphatic heterocycles. The number of ether oxygens (including phenoxy) is 2. The van der Waals surface area contributed by atoms with Crippen molar-refractivity contribution in [3.8, 4) is 11.5 Å². The van der Waals surface area contributed by atoms with E-state index in [1.165, 1.54) is 0 Å². The van der Waals surface area contributed by atoms with Crippen LogP contribution < -0.4 is 4.74 Å². The average Bonchev–Trinajstić information content (AvgIpc) is 2.70. The Morgan fingerprint density at radius 1 is 1.44 bits per heavy atom. The molecule has 1 aromatic rings. The van der Waals surface area contributed by atoms with E-state index in [0.717, 1.165) is 0 Å². The first-order valence-electron chi connectivity index (χ1n) is 5.95. The number of hydrogen-bond acceptors (Lipinski definition) is 4. The zero-order valence-electron chi connectivity index (χ0n) is 10.5. The van der Waals surface area contributed by atoms with Crippen LogP contribution >= 0.6 is 0 Å². The summed E-state index contributed by atoms with van der Waals surface area (Å²) in [6, 6.07) is 6.59. The van der Waals surface area contributed by atoms with Crippen LogP contribution in [0.3, 0.4) is 0 Å². The number of benzene rings is 1. The monoisotopic (exact) mass is 251 g/mol. The van der Waals surface area contributed by atoms with Gasteiger partial charge in [-0.1, -0.05) is 0 Å². The summed E-state index contributed by atoms with van der Waals surface area (Å²) >= 11 is 0. The van der Waals surface area contributed by atoms with Gasteiger partial charge in [0.25, 0.3) is 0 Å². The molecule has 1 amide bonds. The van der Waals surface area contributed by atoms with Crippen molar-refractivity contribution in [1.29, 1.82) is 0 Å². The standard InChI is InChI=1S/C13H17NO4/c1-9(2)14-7-12(18-13(14)16)8-17-11-5-3-10(15)4-6-11/h3-6,9,12,15H,7-8H2,1-2H3. The van der Waals surface area contributed by atoms with Crippen LogP contribution in [0.1, 0.15) is 13.8 Å². The molecule has 1 aliphatic rings. The lowest BCUT2D eigenvalue weighted by molar-refractivity contribution is 0.102. The molecule has 0 bridgehead atoms. The van der Waals surface area contributed by atoms with E-state index < -0.39 is 0 Å². The molecular weight excluding hydrogens is 234 g/mol. The molecule has 18 heavy (non-hydrogen) atoms. The highest BCUT2D eigenvalue weighted by Crippen LogP contribution is 2.18. The summed E-state index contributed by atoms with van der Waals surface area (Å²) in [7, 11) is 0. The fraction of sp³-hybridized carbons (Fsp3) is 0.462. The molecule has 1 fully saturated rings. The molecule has 1 saturated heterocycles. The van der Waals surface area contributed by atoms with Crippen molar-refractivity contribution >= 4 is 6.09 Å². The number of aromatic hydroxyl groups is 1. The Kier molecular flexibility index (Phi) is 3.60. The summed E-state index contributed by atoms with van der Waals surface area (Å²) in [5.41, 5.74) is 0. The van der Waals surface area contributed by atoms with Gasteiger partial charge in [-0.3, -0.25) is 0 Å². The van der Waals surface area contributed by atoms with Crippen molar-refractivity contribution in [1.82, 2.24) is 4.90 Å². The van der Waals surface area contributed by atoms with Crippen LogP contribution in [-0.4, -0.2) is 41.4 Å². The first-order valence-corrected chi connectivity index (χ1v) is 5.95. The molecule has 98 valence electrons. The van der Waals surface area contributed by atoms with Crippen molar-refractivity contribution < 1.29 is 19.4 Å². The minimum atomic E-state index is -0.288. The second kappa shape index (κ2) is 5.16. The van der Waals surface area contributed by atoms with Crippen molar-refractivity contribution in [2.75, 3.05) is 13.2 Å². The molecular formula is C13H17NO4. The van der Waals surface area contributed by atoms with E-state index in [1.54, 1.807) is 29.2 Å². The summed E-state index contributed by atoms with van der Waals surface area (Å²) in [5.74, 6) is 0.840. The second-order valence-electron chi connectivity index (χ2n) is 4.56. The van der Waals surface area contributed by atoms with Crippen molar-refractivity contribution in [2.24, 2.45) is 0 Å². The van der Waals surface area contributed by atoms with Gasteiger partial charge in [0.05, 0.1) is 6.54 Å². The molecule has 1 N–H and O–H groups in total. The Balaban J connectivity index is 1.85. The Labute approximate surface area is 106 Å². The number of carbonyl (C=O) groups excluding carboxylic acids is 1. The van der Waals surface area contributed by atoms with E-state index >= 15 is 0 Å². The summed E-state index contributed by atoms with van der Waals surface area (Å²) in [6.07, 6.45) is -0.530. The third kappa shape index (κ3) is 2.85. The lowest BCUT2D eigenvalue weighted by Gasteiger charge is -2.16. The van der Waals surface area contributed by atoms with Crippen LogP contribution in [-0.2, 0) is 4.74 Å². The number of rotatable bonds is 4. The van der Waals surface area contributed by atoms with E-state index in [0.29, 0.717) is 18.9 Å². The fourth-order valence-electron chi connectivity index (χ4n) is 1.78. The zero-order valence-corrected chi connectivity index (χ0v) is 10.5. The van der Waals surface area contributed by atoms with Crippen LogP contribution in [0.2, 0.25) is 0 Å². The van der Waals surface area contributed by atoms with Gasteiger partial charge in [0, 0.05) is 6.04 Å². The van der Waals surface area contributed by atoms with Gasteiger partial charge in [0.1, 0.15) is 18.1 Å². The van der Waals surface area contributed by atoms with Gasteiger partial charge < -0.3 is 19.5 Å². The predicted molar refractivity (Wildman–Crippen MR) is 65.7 cm³/mol. The summed E-state index contributed by atoms with van der Waals surface area (Å²) < 4.78 is 10.7. The molecule has 0 radical (unpaired) electrons. The highest BCUT2D eigenvalue weighted by atomic mass is 16.6. The fourth-order valence-corrected chi connectivity index (χ4v) is 1.78. The SMILES string of the molecule is CC(C)N1CC(COc2ccc(O)cc2)OC1=O. The lowest BCUT2D eigenvalue weighted by Crippen LogP contribution is -2.32. The summed E-state index contributed by atoms with van der Waals surface area (Å²) in [4.78, 5) is 13.2. The quantitative estimate of drug-likeness (QED) is 0.889. The molecule has 1 unspecified atom stereocenters. The van der Waals surface area contributed by atoms with E-state index in [-0.39, 0.29) is 24.0 Å². The lowest BCUT2D eigenvalue weighted by atomic mass is 10.3. The number of phenols is 1. The Hall–Kier alpha value is -1.91. The molecule has 5 heteroatoms. The molecule has 0 saturated carbocycles. The topological polar surface area (TPSA) is 59.0 Å². The molecule has 0 aliphatic carbocycles. The predicted octanol–water partition coefficient (Wildman–Crippen LogP) is 2.00.